The van der Waals surface area contributed by atoms with E-state index in [2.05, 4.69) is 11.6 Å². The number of hydrogen-bond acceptors (Lipinski definition) is 4. The van der Waals surface area contributed by atoms with Crippen LogP contribution in [-0.2, 0) is 11.5 Å². The summed E-state index contributed by atoms with van der Waals surface area (Å²) in [5, 5.41) is 8.49. The largest absolute Gasteiger partial charge is 0.481 e. The van der Waals surface area contributed by atoms with Crippen LogP contribution in [0.1, 0.15) is 5.69 Å². The van der Waals surface area contributed by atoms with Crippen LogP contribution >= 0.6 is 0 Å². The van der Waals surface area contributed by atoms with Gasteiger partial charge in [0.2, 0.25) is 0 Å². The normalized spacial score (nSPS) is 8.92. The third kappa shape index (κ3) is 1.37. The number of ether oxygens (including phenoxy) is 1. The number of aromatic nitrogens is 2. The second kappa shape index (κ2) is 3.44. The van der Waals surface area contributed by atoms with E-state index in [-0.39, 0.29) is 12.4 Å². The van der Waals surface area contributed by atoms with Crippen LogP contribution in [0.4, 0.5) is 5.82 Å². The van der Waals surface area contributed by atoms with E-state index in [9.17, 15) is 0 Å². The van der Waals surface area contributed by atoms with Crippen molar-refractivity contribution in [2.24, 2.45) is 0 Å². The smallest absolute Gasteiger partial charge is 0.182 e. The van der Waals surface area contributed by atoms with Crippen LogP contribution in [0.3, 0.4) is 0 Å². The van der Waals surface area contributed by atoms with E-state index in [4.69, 9.17) is 15.7 Å². The summed E-state index contributed by atoms with van der Waals surface area (Å²) in [6.45, 7) is 3.60. The summed E-state index contributed by atoms with van der Waals surface area (Å²) < 4.78 is 6.37. The Morgan fingerprint density at radius 2 is 2.67 bits per heavy atom. The Morgan fingerprint density at radius 1 is 1.92 bits per heavy atom. The molecule has 0 unspecified atom stereocenters. The van der Waals surface area contributed by atoms with E-state index in [1.807, 2.05) is 6.07 Å². The molecule has 5 heteroatoms. The Labute approximate surface area is 69.7 Å². The van der Waals surface area contributed by atoms with Crippen molar-refractivity contribution in [3.63, 3.8) is 0 Å². The van der Waals surface area contributed by atoms with Gasteiger partial charge in [-0.1, -0.05) is 6.58 Å². The molecule has 0 aromatic carbocycles. The zero-order valence-corrected chi connectivity index (χ0v) is 6.40. The molecule has 0 aliphatic rings. The highest BCUT2D eigenvalue weighted by Crippen LogP contribution is 2.07. The van der Waals surface area contributed by atoms with Crippen LogP contribution in [0.2, 0.25) is 0 Å². The first-order valence-corrected chi connectivity index (χ1v) is 3.22. The second-order valence-electron chi connectivity index (χ2n) is 2.02. The molecule has 0 saturated heterocycles. The van der Waals surface area contributed by atoms with Gasteiger partial charge < -0.3 is 10.5 Å². The Kier molecular flexibility index (Phi) is 2.33. The number of nitriles is 1. The summed E-state index contributed by atoms with van der Waals surface area (Å²) >= 11 is 0. The highest BCUT2D eigenvalue weighted by molar-refractivity contribution is 5.43. The van der Waals surface area contributed by atoms with Gasteiger partial charge in [0.05, 0.1) is 6.26 Å². The van der Waals surface area contributed by atoms with Crippen molar-refractivity contribution >= 4 is 5.82 Å². The summed E-state index contributed by atoms with van der Waals surface area (Å²) in [5.41, 5.74) is 5.73. The molecule has 0 atom stereocenters. The van der Waals surface area contributed by atoms with Crippen LogP contribution in [-0.4, -0.2) is 9.55 Å². The van der Waals surface area contributed by atoms with Crippen molar-refractivity contribution < 1.29 is 4.74 Å². The first-order valence-electron chi connectivity index (χ1n) is 3.22. The molecule has 0 amide bonds. The summed E-state index contributed by atoms with van der Waals surface area (Å²) in [6, 6.07) is 1.85. The maximum Gasteiger partial charge on any atom is 0.182 e. The van der Waals surface area contributed by atoms with E-state index >= 15 is 0 Å². The third-order valence-electron chi connectivity index (χ3n) is 1.32. The van der Waals surface area contributed by atoms with Crippen LogP contribution < -0.4 is 5.73 Å². The van der Waals surface area contributed by atoms with Gasteiger partial charge >= 0.3 is 0 Å². The highest BCUT2D eigenvalue weighted by Gasteiger charge is 2.04. The van der Waals surface area contributed by atoms with Crippen molar-refractivity contribution in [2.75, 3.05) is 5.73 Å². The second-order valence-corrected chi connectivity index (χ2v) is 2.02. The lowest BCUT2D eigenvalue weighted by Gasteiger charge is -2.02. The molecular formula is C7H8N4O. The molecule has 0 aliphatic heterocycles. The van der Waals surface area contributed by atoms with Crippen molar-refractivity contribution in [1.82, 2.24) is 9.55 Å². The Morgan fingerprint density at radius 3 is 3.17 bits per heavy atom. The average molecular weight is 164 g/mol. The van der Waals surface area contributed by atoms with Crippen molar-refractivity contribution in [3.05, 3.63) is 24.9 Å². The van der Waals surface area contributed by atoms with E-state index in [0.29, 0.717) is 5.82 Å². The number of nitrogens with zero attached hydrogens (tertiary/aromatic N) is 3. The fourth-order valence-electron chi connectivity index (χ4n) is 0.714. The van der Waals surface area contributed by atoms with Crippen molar-refractivity contribution in [3.8, 4) is 6.07 Å². The average Bonchev–Trinajstić information content (AvgIpc) is 2.43. The predicted molar refractivity (Wildman–Crippen MR) is 42.6 cm³/mol. The Bertz CT molecular complexity index is 323. The van der Waals surface area contributed by atoms with E-state index < -0.39 is 0 Å². The number of nitrogen functional groups attached to an aromatic ring is 1. The topological polar surface area (TPSA) is 76.9 Å². The standard InChI is InChI=1S/C7H8N4O/c1-2-12-5-11-4-10-6(3-8)7(11)9/h2,4H,1,5,9H2. The molecule has 0 radical (unpaired) electrons. The van der Waals surface area contributed by atoms with Gasteiger partial charge in [-0.25, -0.2) is 4.98 Å². The number of hydrogen-bond donors (Lipinski definition) is 1. The molecule has 1 aromatic rings. The molecule has 1 rings (SSSR count). The van der Waals surface area contributed by atoms with Crippen molar-refractivity contribution in [1.29, 1.82) is 5.26 Å². The van der Waals surface area contributed by atoms with Crippen LogP contribution in [0.15, 0.2) is 19.2 Å². The molecule has 0 saturated carbocycles. The molecular weight excluding hydrogens is 156 g/mol. The van der Waals surface area contributed by atoms with Gasteiger partial charge in [-0.2, -0.15) is 5.26 Å². The monoisotopic (exact) mass is 164 g/mol. The SMILES string of the molecule is C=COCn1cnc(C#N)c1N. The lowest BCUT2D eigenvalue weighted by atomic mass is 10.5. The molecule has 5 nitrogen and oxygen atoms in total. The Hall–Kier alpha value is -1.96. The van der Waals surface area contributed by atoms with Gasteiger partial charge in [-0.3, -0.25) is 4.57 Å². The maximum atomic E-state index is 8.49. The fraction of sp³-hybridized carbons (Fsp3) is 0.143. The number of imidazole rings is 1. The van der Waals surface area contributed by atoms with E-state index in [1.54, 1.807) is 0 Å². The fourth-order valence-corrected chi connectivity index (χ4v) is 0.714. The van der Waals surface area contributed by atoms with Gasteiger partial charge in [0, 0.05) is 0 Å². The molecule has 1 heterocycles. The zero-order chi connectivity index (χ0) is 8.97. The number of anilines is 1. The highest BCUT2D eigenvalue weighted by atomic mass is 16.5. The molecule has 12 heavy (non-hydrogen) atoms. The first kappa shape index (κ1) is 8.14. The summed E-state index contributed by atoms with van der Waals surface area (Å²) in [7, 11) is 0. The van der Waals surface area contributed by atoms with Gasteiger partial charge in [0.15, 0.2) is 12.4 Å². The third-order valence-corrected chi connectivity index (χ3v) is 1.32. The van der Waals surface area contributed by atoms with E-state index in [0.717, 1.165) is 0 Å². The first-order chi connectivity index (χ1) is 5.79. The summed E-state index contributed by atoms with van der Waals surface area (Å²) in [4.78, 5) is 3.75. The van der Waals surface area contributed by atoms with Gasteiger partial charge in [0.25, 0.3) is 0 Å². The molecule has 2 N–H and O–H groups in total. The molecule has 0 fully saturated rings. The van der Waals surface area contributed by atoms with Crippen LogP contribution in [0.5, 0.6) is 0 Å². The minimum absolute atomic E-state index is 0.211. The number of nitrogens with two attached hydrogens (primary N) is 1. The molecule has 0 bridgehead atoms. The molecule has 0 aliphatic carbocycles. The van der Waals surface area contributed by atoms with Crippen LogP contribution in [0.25, 0.3) is 0 Å². The summed E-state index contributed by atoms with van der Waals surface area (Å²) in [5.74, 6) is 0.305. The van der Waals surface area contributed by atoms with Gasteiger partial charge in [-0.15, -0.1) is 0 Å². The van der Waals surface area contributed by atoms with Gasteiger partial charge in [-0.05, 0) is 0 Å². The Balaban J connectivity index is 2.81. The minimum atomic E-state index is 0.211. The number of rotatable bonds is 3. The molecule has 1 aromatic heterocycles. The maximum absolute atomic E-state index is 8.49. The molecule has 62 valence electrons. The minimum Gasteiger partial charge on any atom is -0.481 e. The predicted octanol–water partition coefficient (Wildman–Crippen LogP) is 0.455. The lowest BCUT2D eigenvalue weighted by Crippen LogP contribution is -2.03. The van der Waals surface area contributed by atoms with Gasteiger partial charge in [0.1, 0.15) is 18.2 Å². The van der Waals surface area contributed by atoms with Crippen molar-refractivity contribution in [2.45, 2.75) is 6.73 Å². The lowest BCUT2D eigenvalue weighted by molar-refractivity contribution is 0.178. The van der Waals surface area contributed by atoms with E-state index in [1.165, 1.54) is 17.2 Å². The molecule has 0 spiro atoms. The quantitative estimate of drug-likeness (QED) is 0.658. The van der Waals surface area contributed by atoms with Crippen LogP contribution in [0, 0.1) is 11.3 Å². The zero-order valence-electron chi connectivity index (χ0n) is 6.40. The summed E-state index contributed by atoms with van der Waals surface area (Å²) in [6.07, 6.45) is 2.74.